The van der Waals surface area contributed by atoms with Gasteiger partial charge in [0.05, 0.1) is 10.9 Å². The number of carboxylic acid groups (broad SMARTS) is 1. The van der Waals surface area contributed by atoms with Crippen LogP contribution in [0.4, 0.5) is 5.69 Å². The van der Waals surface area contributed by atoms with Crippen LogP contribution in [-0.4, -0.2) is 57.1 Å². The number of benzene rings is 3. The highest BCUT2D eigenvalue weighted by Crippen LogP contribution is 2.52. The number of hydrogen-bond acceptors (Lipinski definition) is 8. The summed E-state index contributed by atoms with van der Waals surface area (Å²) in [5.41, 5.74) is 1.32. The van der Waals surface area contributed by atoms with Gasteiger partial charge in [-0.15, -0.1) is 0 Å². The van der Waals surface area contributed by atoms with Gasteiger partial charge >= 0.3 is 10.8 Å². The molecule has 4 aromatic rings. The number of aromatic nitrogens is 1. The van der Waals surface area contributed by atoms with Crippen molar-refractivity contribution in [2.24, 2.45) is 5.92 Å². The predicted octanol–water partition coefficient (Wildman–Crippen LogP) is 3.28. The molecule has 6 rings (SSSR count). The van der Waals surface area contributed by atoms with Crippen LogP contribution in [0.25, 0.3) is 10.8 Å². The summed E-state index contributed by atoms with van der Waals surface area (Å²) < 4.78 is 5.66. The fourth-order valence-electron chi connectivity index (χ4n) is 5.11. The number of fused-ring (bicyclic) bond motifs is 3. The third-order valence-electron chi connectivity index (χ3n) is 6.85. The number of amides is 3. The number of carbonyl (C=O) groups is 4. The van der Waals surface area contributed by atoms with Crippen molar-refractivity contribution in [3.8, 4) is 5.75 Å². The Bertz CT molecular complexity index is 1730. The van der Waals surface area contributed by atoms with Crippen LogP contribution in [0.2, 0.25) is 0 Å². The largest absolute Gasteiger partial charge is 0.484 e. The fraction of sp³-hybridized carbons (Fsp3) is 0.179. The monoisotopic (exact) mass is 575 g/mol. The third kappa shape index (κ3) is 4.75. The Labute approximate surface area is 235 Å². The molecule has 2 aliphatic heterocycles. The number of aromatic amines is 1. The molecule has 40 heavy (non-hydrogen) atoms. The fourth-order valence-corrected chi connectivity index (χ4v) is 7.65. The number of carboxylic acids is 1. The molecular formula is C28H21N3O7S2. The number of likely N-dealkylation sites (tertiary alicyclic amines) is 1. The average molecular weight is 576 g/mol. The van der Waals surface area contributed by atoms with Crippen molar-refractivity contribution in [1.82, 2.24) is 9.88 Å². The molecule has 0 unspecified atom stereocenters. The number of hydrogen-bond donors (Lipinski definition) is 3. The van der Waals surface area contributed by atoms with Crippen LogP contribution in [0, 0.1) is 5.92 Å². The zero-order chi connectivity index (χ0) is 28.0. The SMILES string of the molecule is O=C(O)CN1C(=O)[C@@H]2[C@H](c3ccc(OCC(=O)Nc4ccc5ccccc5c4)cc3)c3sc(=O)[nH]c3S[C@@H]2C1=O. The summed E-state index contributed by atoms with van der Waals surface area (Å²) in [6, 6.07) is 20.2. The van der Waals surface area contributed by atoms with Crippen LogP contribution < -0.4 is 14.9 Å². The van der Waals surface area contributed by atoms with E-state index in [0.29, 0.717) is 26.9 Å². The molecule has 3 atom stereocenters. The maximum atomic E-state index is 13.2. The maximum Gasteiger partial charge on any atom is 0.323 e. The molecule has 3 heterocycles. The number of ether oxygens (including phenoxy) is 1. The highest BCUT2D eigenvalue weighted by molar-refractivity contribution is 8.00. The summed E-state index contributed by atoms with van der Waals surface area (Å²) in [7, 11) is 0. The zero-order valence-electron chi connectivity index (χ0n) is 20.7. The second kappa shape index (κ2) is 10.3. The minimum atomic E-state index is -1.28. The lowest BCUT2D eigenvalue weighted by atomic mass is 9.83. The van der Waals surface area contributed by atoms with Crippen molar-refractivity contribution < 1.29 is 29.0 Å². The lowest BCUT2D eigenvalue weighted by Crippen LogP contribution is -2.36. The number of imide groups is 1. The Morgan fingerprint density at radius 2 is 1.73 bits per heavy atom. The normalized spacial score (nSPS) is 19.8. The molecule has 12 heteroatoms. The summed E-state index contributed by atoms with van der Waals surface area (Å²) in [5.74, 6) is -3.82. The van der Waals surface area contributed by atoms with Crippen molar-refractivity contribution in [1.29, 1.82) is 0 Å². The third-order valence-corrected chi connectivity index (χ3v) is 9.25. The highest BCUT2D eigenvalue weighted by Gasteiger charge is 2.56. The van der Waals surface area contributed by atoms with Gasteiger partial charge in [-0.2, -0.15) is 0 Å². The van der Waals surface area contributed by atoms with Gasteiger partial charge in [-0.3, -0.25) is 28.9 Å². The number of rotatable bonds is 7. The smallest absolute Gasteiger partial charge is 0.323 e. The van der Waals surface area contributed by atoms with Crippen molar-refractivity contribution >= 4 is 63.2 Å². The van der Waals surface area contributed by atoms with Crippen LogP contribution in [0.3, 0.4) is 0 Å². The second-order valence-corrected chi connectivity index (χ2v) is 11.5. The summed E-state index contributed by atoms with van der Waals surface area (Å²) in [5, 5.41) is 13.8. The molecule has 0 saturated carbocycles. The Morgan fingerprint density at radius 3 is 2.48 bits per heavy atom. The minimum Gasteiger partial charge on any atom is -0.484 e. The summed E-state index contributed by atoms with van der Waals surface area (Å²) in [6.45, 7) is -0.937. The van der Waals surface area contributed by atoms with E-state index in [9.17, 15) is 29.1 Å². The lowest BCUT2D eigenvalue weighted by molar-refractivity contribution is -0.149. The van der Waals surface area contributed by atoms with Crippen LogP contribution in [0.15, 0.2) is 76.6 Å². The van der Waals surface area contributed by atoms with Crippen molar-refractivity contribution in [3.05, 3.63) is 86.8 Å². The molecule has 1 aromatic heterocycles. The number of anilines is 1. The minimum absolute atomic E-state index is 0.225. The molecule has 3 aromatic carbocycles. The van der Waals surface area contributed by atoms with Crippen LogP contribution in [-0.2, 0) is 19.2 Å². The number of carbonyl (C=O) groups excluding carboxylic acids is 3. The number of thiazole rings is 1. The molecule has 0 spiro atoms. The van der Waals surface area contributed by atoms with E-state index >= 15 is 0 Å². The number of thioether (sulfide) groups is 1. The molecule has 1 fully saturated rings. The number of H-pyrrole nitrogens is 1. The zero-order valence-corrected chi connectivity index (χ0v) is 22.3. The number of aliphatic carboxylic acids is 1. The lowest BCUT2D eigenvalue weighted by Gasteiger charge is -2.29. The van der Waals surface area contributed by atoms with Gasteiger partial charge in [-0.25, -0.2) is 0 Å². The summed E-state index contributed by atoms with van der Waals surface area (Å²) in [6.07, 6.45) is 0. The Morgan fingerprint density at radius 1 is 0.975 bits per heavy atom. The topological polar surface area (TPSA) is 146 Å². The van der Waals surface area contributed by atoms with Crippen molar-refractivity contribution in [3.63, 3.8) is 0 Å². The molecule has 1 saturated heterocycles. The standard InChI is InChI=1S/C28H21N3O7S2/c32-19(29-17-8-5-14-3-1-2-4-16(14)11-17)13-38-18-9-6-15(7-10-18)21-22-24(39-25-23(21)40-28(37)30-25)27(36)31(26(22)35)12-20(33)34/h1-11,21-22,24H,12-13H2,(H,29,32)(H,30,37)(H,33,34)/t21-,22+,24-/m0/s1. The Hall–Kier alpha value is -4.42. The summed E-state index contributed by atoms with van der Waals surface area (Å²) in [4.78, 5) is 65.9. The van der Waals surface area contributed by atoms with Crippen LogP contribution in [0.5, 0.6) is 5.75 Å². The van der Waals surface area contributed by atoms with Gasteiger partial charge in [0.1, 0.15) is 17.5 Å². The molecular weight excluding hydrogens is 554 g/mol. The molecule has 0 bridgehead atoms. The van der Waals surface area contributed by atoms with Gasteiger partial charge in [0.15, 0.2) is 6.61 Å². The van der Waals surface area contributed by atoms with E-state index in [-0.39, 0.29) is 17.4 Å². The first-order valence-electron chi connectivity index (χ1n) is 12.3. The van der Waals surface area contributed by atoms with E-state index < -0.39 is 41.4 Å². The van der Waals surface area contributed by atoms with Gasteiger partial charge in [0.2, 0.25) is 11.8 Å². The molecule has 2 aliphatic rings. The second-order valence-electron chi connectivity index (χ2n) is 9.37. The van der Waals surface area contributed by atoms with Crippen LogP contribution in [0.1, 0.15) is 16.4 Å². The quantitative estimate of drug-likeness (QED) is 0.285. The van der Waals surface area contributed by atoms with E-state index in [4.69, 9.17) is 4.74 Å². The van der Waals surface area contributed by atoms with E-state index in [1.807, 2.05) is 42.5 Å². The van der Waals surface area contributed by atoms with Gasteiger partial charge in [-0.1, -0.05) is 65.6 Å². The summed E-state index contributed by atoms with van der Waals surface area (Å²) >= 11 is 2.05. The number of nitrogens with one attached hydrogen (secondary N) is 2. The van der Waals surface area contributed by atoms with Gasteiger partial charge < -0.3 is 20.1 Å². The van der Waals surface area contributed by atoms with Gasteiger partial charge in [-0.05, 0) is 40.6 Å². The molecule has 10 nitrogen and oxygen atoms in total. The Kier molecular flexibility index (Phi) is 6.64. The first kappa shape index (κ1) is 25.8. The van der Waals surface area contributed by atoms with Crippen LogP contribution >= 0.6 is 23.1 Å². The first-order chi connectivity index (χ1) is 19.3. The first-order valence-corrected chi connectivity index (χ1v) is 14.0. The molecule has 3 N–H and O–H groups in total. The van der Waals surface area contributed by atoms with E-state index in [1.165, 1.54) is 0 Å². The van der Waals surface area contributed by atoms with E-state index in [0.717, 1.165) is 38.8 Å². The predicted molar refractivity (Wildman–Crippen MR) is 149 cm³/mol. The van der Waals surface area contributed by atoms with Crippen molar-refractivity contribution in [2.75, 3.05) is 18.5 Å². The number of nitrogens with zero attached hydrogens (tertiary/aromatic N) is 1. The average Bonchev–Trinajstić information content (AvgIpc) is 3.42. The van der Waals surface area contributed by atoms with Gasteiger partial charge in [0, 0.05) is 16.5 Å². The molecule has 3 amide bonds. The molecule has 202 valence electrons. The maximum absolute atomic E-state index is 13.2. The van der Waals surface area contributed by atoms with Gasteiger partial charge in [0.25, 0.3) is 5.91 Å². The van der Waals surface area contributed by atoms with E-state index in [1.54, 1.807) is 24.3 Å². The Balaban J connectivity index is 1.18. The molecule has 0 radical (unpaired) electrons. The van der Waals surface area contributed by atoms with E-state index in [2.05, 4.69) is 10.3 Å². The highest BCUT2D eigenvalue weighted by atomic mass is 32.2. The molecule has 0 aliphatic carbocycles. The van der Waals surface area contributed by atoms with Crippen molar-refractivity contribution in [2.45, 2.75) is 16.2 Å².